The van der Waals surface area contributed by atoms with Crippen LogP contribution in [-0.2, 0) is 9.59 Å². The second-order valence-corrected chi connectivity index (χ2v) is 8.52. The van der Waals surface area contributed by atoms with Crippen molar-refractivity contribution in [2.45, 2.75) is 25.7 Å². The molecule has 3 nitrogen and oxygen atoms in total. The summed E-state index contributed by atoms with van der Waals surface area (Å²) in [7, 11) is 0. The van der Waals surface area contributed by atoms with Crippen LogP contribution in [0.15, 0.2) is 66.7 Å². The van der Waals surface area contributed by atoms with Gasteiger partial charge in [-0.15, -0.1) is 0 Å². The van der Waals surface area contributed by atoms with Gasteiger partial charge in [-0.1, -0.05) is 66.7 Å². The number of hydrogen-bond donors (Lipinski definition) is 0. The lowest BCUT2D eigenvalue weighted by Gasteiger charge is -2.45. The van der Waals surface area contributed by atoms with E-state index >= 15 is 0 Å². The van der Waals surface area contributed by atoms with E-state index in [1.165, 1.54) is 27.2 Å². The number of para-hydroxylation sites is 1. The lowest BCUT2D eigenvalue weighted by atomic mass is 9.55. The molecule has 7 rings (SSSR count). The van der Waals surface area contributed by atoms with Crippen LogP contribution in [0.3, 0.4) is 0 Å². The first kappa shape index (κ1) is 16.7. The Hall–Kier alpha value is -3.20. The van der Waals surface area contributed by atoms with E-state index in [9.17, 15) is 9.59 Å². The largest absolute Gasteiger partial charge is 0.274 e. The summed E-state index contributed by atoms with van der Waals surface area (Å²) in [6, 6.07) is 22.6. The van der Waals surface area contributed by atoms with Crippen LogP contribution < -0.4 is 4.90 Å². The number of amides is 2. The van der Waals surface area contributed by atoms with Gasteiger partial charge in [0, 0.05) is 11.8 Å². The molecule has 0 radical (unpaired) electrons. The number of benzene rings is 3. The molecule has 4 aliphatic rings. The van der Waals surface area contributed by atoms with Gasteiger partial charge in [-0.05, 0) is 47.2 Å². The molecule has 2 amide bonds. The summed E-state index contributed by atoms with van der Waals surface area (Å²) in [6.45, 7) is 3.95. The van der Waals surface area contributed by atoms with Crippen LogP contribution in [0.1, 0.15) is 45.2 Å². The number of carbonyl (C=O) groups is 2. The highest BCUT2D eigenvalue weighted by atomic mass is 16.2. The summed E-state index contributed by atoms with van der Waals surface area (Å²) in [5, 5.41) is 0. The molecule has 0 saturated carbocycles. The lowest BCUT2D eigenvalue weighted by Crippen LogP contribution is -2.41. The first-order valence-electron chi connectivity index (χ1n) is 10.2. The molecule has 2 bridgehead atoms. The number of aryl methyl sites for hydroxylation is 2. The lowest BCUT2D eigenvalue weighted by molar-refractivity contribution is -0.122. The Labute approximate surface area is 170 Å². The van der Waals surface area contributed by atoms with E-state index in [0.717, 1.165) is 16.8 Å². The van der Waals surface area contributed by atoms with Crippen molar-refractivity contribution >= 4 is 17.5 Å². The Bertz CT molecular complexity index is 1080. The van der Waals surface area contributed by atoms with E-state index in [1.54, 1.807) is 0 Å². The van der Waals surface area contributed by atoms with Crippen molar-refractivity contribution in [1.82, 2.24) is 0 Å². The van der Waals surface area contributed by atoms with Gasteiger partial charge in [0.1, 0.15) is 0 Å². The summed E-state index contributed by atoms with van der Waals surface area (Å²) in [6.07, 6.45) is 0. The van der Waals surface area contributed by atoms with Crippen molar-refractivity contribution < 1.29 is 9.59 Å². The predicted molar refractivity (Wildman–Crippen MR) is 112 cm³/mol. The Morgan fingerprint density at radius 1 is 0.586 bits per heavy atom. The number of carbonyl (C=O) groups excluding carboxylic acids is 2. The fraction of sp³-hybridized carbons (Fsp3) is 0.231. The molecule has 3 aromatic carbocycles. The third kappa shape index (κ3) is 1.97. The topological polar surface area (TPSA) is 37.4 Å². The molecule has 29 heavy (non-hydrogen) atoms. The molecule has 1 heterocycles. The van der Waals surface area contributed by atoms with Crippen LogP contribution >= 0.6 is 0 Å². The average molecular weight is 379 g/mol. The standard InChI is InChI=1S/C26H21NO2/c1-14-8-7-9-15(2)24(14)27-25(28)22-20-16-10-3-4-11-17(16)21(23(22)26(27)29)19-13-6-5-12-18(19)20/h3-13,20-23H,1-2H3/t20?,21?,22-,23-/m0/s1. The molecule has 1 saturated heterocycles. The Kier molecular flexibility index (Phi) is 3.27. The van der Waals surface area contributed by atoms with E-state index in [-0.39, 0.29) is 35.5 Å². The molecule has 0 spiro atoms. The van der Waals surface area contributed by atoms with Gasteiger partial charge in [-0.25, -0.2) is 4.90 Å². The van der Waals surface area contributed by atoms with Gasteiger partial charge in [0.2, 0.25) is 11.8 Å². The fourth-order valence-corrected chi connectivity index (χ4v) is 6.06. The molecular weight excluding hydrogens is 358 g/mol. The van der Waals surface area contributed by atoms with Crippen molar-refractivity contribution in [2.24, 2.45) is 11.8 Å². The first-order valence-corrected chi connectivity index (χ1v) is 10.2. The van der Waals surface area contributed by atoms with Crippen LogP contribution in [-0.4, -0.2) is 11.8 Å². The van der Waals surface area contributed by atoms with Gasteiger partial charge >= 0.3 is 0 Å². The maximum Gasteiger partial charge on any atom is 0.238 e. The Balaban J connectivity index is 1.60. The molecule has 1 aliphatic heterocycles. The van der Waals surface area contributed by atoms with E-state index in [2.05, 4.69) is 24.3 Å². The maximum atomic E-state index is 13.8. The smallest absolute Gasteiger partial charge is 0.238 e. The molecule has 3 aromatic rings. The van der Waals surface area contributed by atoms with Crippen molar-refractivity contribution in [3.8, 4) is 0 Å². The number of nitrogens with zero attached hydrogens (tertiary/aromatic N) is 1. The zero-order valence-electron chi connectivity index (χ0n) is 16.4. The number of hydrogen-bond acceptors (Lipinski definition) is 2. The summed E-state index contributed by atoms with van der Waals surface area (Å²) in [4.78, 5) is 29.0. The SMILES string of the molecule is Cc1cccc(C)c1N1C(=O)[C@H]2C3c4ccccc4C(c4ccccc43)[C@@H]2C1=O. The van der Waals surface area contributed by atoms with Crippen LogP contribution in [0, 0.1) is 25.7 Å². The van der Waals surface area contributed by atoms with Crippen molar-refractivity contribution in [3.63, 3.8) is 0 Å². The quantitative estimate of drug-likeness (QED) is 0.575. The second kappa shape index (κ2) is 5.66. The summed E-state index contributed by atoms with van der Waals surface area (Å²) in [5.41, 5.74) is 7.54. The average Bonchev–Trinajstić information content (AvgIpc) is 2.99. The minimum Gasteiger partial charge on any atom is -0.274 e. The minimum absolute atomic E-state index is 0.0450. The highest BCUT2D eigenvalue weighted by Gasteiger charge is 2.61. The summed E-state index contributed by atoms with van der Waals surface area (Å²) < 4.78 is 0. The Morgan fingerprint density at radius 3 is 1.34 bits per heavy atom. The number of imide groups is 1. The van der Waals surface area contributed by atoms with Gasteiger partial charge in [0.15, 0.2) is 0 Å². The zero-order chi connectivity index (χ0) is 19.9. The van der Waals surface area contributed by atoms with Gasteiger partial charge in [0.05, 0.1) is 17.5 Å². The van der Waals surface area contributed by atoms with E-state index in [4.69, 9.17) is 0 Å². The molecule has 3 heteroatoms. The molecular formula is C26H21NO2. The minimum atomic E-state index is -0.323. The molecule has 2 atom stereocenters. The van der Waals surface area contributed by atoms with Gasteiger partial charge in [-0.2, -0.15) is 0 Å². The van der Waals surface area contributed by atoms with E-state index in [0.29, 0.717) is 0 Å². The number of anilines is 1. The normalized spacial score (nSPS) is 26.3. The highest BCUT2D eigenvalue weighted by Crippen LogP contribution is 2.61. The monoisotopic (exact) mass is 379 g/mol. The van der Waals surface area contributed by atoms with Crippen LogP contribution in [0.2, 0.25) is 0 Å². The molecule has 3 aliphatic carbocycles. The molecule has 0 aromatic heterocycles. The molecule has 0 N–H and O–H groups in total. The fourth-order valence-electron chi connectivity index (χ4n) is 6.06. The van der Waals surface area contributed by atoms with Crippen molar-refractivity contribution in [1.29, 1.82) is 0 Å². The van der Waals surface area contributed by atoms with Crippen molar-refractivity contribution in [3.05, 3.63) is 100 Å². The predicted octanol–water partition coefficient (Wildman–Crippen LogP) is 4.70. The van der Waals surface area contributed by atoms with Crippen LogP contribution in [0.25, 0.3) is 0 Å². The third-order valence-corrected chi connectivity index (χ3v) is 7.11. The highest BCUT2D eigenvalue weighted by molar-refractivity contribution is 6.24. The van der Waals surface area contributed by atoms with E-state index < -0.39 is 0 Å². The summed E-state index contributed by atoms with van der Waals surface area (Å²) >= 11 is 0. The molecule has 1 fully saturated rings. The Morgan fingerprint density at radius 2 is 0.966 bits per heavy atom. The van der Waals surface area contributed by atoms with E-state index in [1.807, 2.05) is 56.3 Å². The second-order valence-electron chi connectivity index (χ2n) is 8.52. The molecule has 142 valence electrons. The first-order chi connectivity index (χ1) is 14.1. The van der Waals surface area contributed by atoms with Crippen molar-refractivity contribution in [2.75, 3.05) is 4.90 Å². The van der Waals surface area contributed by atoms with Gasteiger partial charge in [-0.3, -0.25) is 9.59 Å². The van der Waals surface area contributed by atoms with Crippen LogP contribution in [0.5, 0.6) is 0 Å². The maximum absolute atomic E-state index is 13.8. The van der Waals surface area contributed by atoms with Gasteiger partial charge in [0.25, 0.3) is 0 Å². The van der Waals surface area contributed by atoms with Crippen LogP contribution in [0.4, 0.5) is 5.69 Å². The summed E-state index contributed by atoms with van der Waals surface area (Å²) in [5.74, 6) is -0.841. The van der Waals surface area contributed by atoms with Gasteiger partial charge < -0.3 is 0 Å². The third-order valence-electron chi connectivity index (χ3n) is 7.11. The molecule has 0 unspecified atom stereocenters. The number of rotatable bonds is 1. The zero-order valence-corrected chi connectivity index (χ0v) is 16.4.